The normalized spacial score (nSPS) is 18.1. The fourth-order valence-electron chi connectivity index (χ4n) is 3.56. The number of H-pyrrole nitrogens is 1. The number of aromatic nitrogens is 2. The molecule has 1 aromatic heterocycles. The second-order valence-electron chi connectivity index (χ2n) is 6.77. The van der Waals surface area contributed by atoms with Crippen LogP contribution in [-0.4, -0.2) is 40.4 Å². The van der Waals surface area contributed by atoms with Crippen LogP contribution in [0.4, 0.5) is 10.1 Å². The number of imidazole rings is 1. The van der Waals surface area contributed by atoms with Crippen LogP contribution in [0.25, 0.3) is 11.0 Å². The van der Waals surface area contributed by atoms with Crippen LogP contribution < -0.4 is 5.32 Å². The molecule has 2 heterocycles. The van der Waals surface area contributed by atoms with Crippen molar-refractivity contribution in [2.45, 2.75) is 18.8 Å². The number of rotatable bonds is 4. The fourth-order valence-corrected chi connectivity index (χ4v) is 3.56. The van der Waals surface area contributed by atoms with Gasteiger partial charge < -0.3 is 10.3 Å². The number of halogens is 1. The van der Waals surface area contributed by atoms with E-state index in [1.165, 1.54) is 12.1 Å². The standard InChI is InChI=1S/C20H21FN4O/c21-15-6-3-7-16(11-15)22-19(26)13-25-10-4-5-14(12-25)20-23-17-8-1-2-9-18(17)24-20/h1-3,6-9,11,14H,4-5,10,12-13H2,(H,22,26)(H,23,24)/t14-/m1/s1. The molecular weight excluding hydrogens is 331 g/mol. The van der Waals surface area contributed by atoms with E-state index in [0.717, 1.165) is 42.8 Å². The lowest BCUT2D eigenvalue weighted by atomic mass is 9.97. The molecule has 0 saturated carbocycles. The van der Waals surface area contributed by atoms with Gasteiger partial charge in [-0.25, -0.2) is 9.37 Å². The molecule has 0 bridgehead atoms. The molecule has 3 aromatic rings. The lowest BCUT2D eigenvalue weighted by Gasteiger charge is -2.31. The number of carbonyl (C=O) groups excluding carboxylic acids is 1. The molecule has 1 aliphatic heterocycles. The first-order valence-corrected chi connectivity index (χ1v) is 8.90. The summed E-state index contributed by atoms with van der Waals surface area (Å²) in [6.45, 7) is 1.97. The van der Waals surface area contributed by atoms with E-state index in [0.29, 0.717) is 12.2 Å². The minimum Gasteiger partial charge on any atom is -0.342 e. The summed E-state index contributed by atoms with van der Waals surface area (Å²) in [4.78, 5) is 22.5. The smallest absolute Gasteiger partial charge is 0.238 e. The summed E-state index contributed by atoms with van der Waals surface area (Å²) in [5, 5.41) is 2.76. The predicted molar refractivity (Wildman–Crippen MR) is 99.5 cm³/mol. The van der Waals surface area contributed by atoms with Crippen LogP contribution in [0.3, 0.4) is 0 Å². The maximum atomic E-state index is 13.2. The second kappa shape index (κ2) is 7.25. The maximum Gasteiger partial charge on any atom is 0.238 e. The Hall–Kier alpha value is -2.73. The largest absolute Gasteiger partial charge is 0.342 e. The number of carbonyl (C=O) groups is 1. The topological polar surface area (TPSA) is 61.0 Å². The van der Waals surface area contributed by atoms with Crippen LogP contribution in [0.1, 0.15) is 24.6 Å². The van der Waals surface area contributed by atoms with Gasteiger partial charge in [-0.1, -0.05) is 18.2 Å². The van der Waals surface area contributed by atoms with Crippen molar-refractivity contribution in [1.82, 2.24) is 14.9 Å². The Morgan fingerprint density at radius 1 is 1.27 bits per heavy atom. The van der Waals surface area contributed by atoms with Crippen LogP contribution in [-0.2, 0) is 4.79 Å². The molecule has 134 valence electrons. The molecule has 0 radical (unpaired) electrons. The molecule has 0 aliphatic carbocycles. The van der Waals surface area contributed by atoms with Gasteiger partial charge in [0.15, 0.2) is 0 Å². The summed E-state index contributed by atoms with van der Waals surface area (Å²) in [5.41, 5.74) is 2.51. The molecule has 0 spiro atoms. The van der Waals surface area contributed by atoms with Gasteiger partial charge in [0.25, 0.3) is 0 Å². The Bertz CT molecular complexity index is 890. The lowest BCUT2D eigenvalue weighted by molar-refractivity contribution is -0.117. The van der Waals surface area contributed by atoms with Gasteiger partial charge in [-0.3, -0.25) is 9.69 Å². The minimum absolute atomic E-state index is 0.124. The van der Waals surface area contributed by atoms with E-state index in [4.69, 9.17) is 4.98 Å². The van der Waals surface area contributed by atoms with Gasteiger partial charge in [-0.05, 0) is 49.7 Å². The second-order valence-corrected chi connectivity index (χ2v) is 6.77. The van der Waals surface area contributed by atoms with Crippen LogP contribution >= 0.6 is 0 Å². The Balaban J connectivity index is 1.39. The van der Waals surface area contributed by atoms with Crippen molar-refractivity contribution in [2.75, 3.05) is 25.0 Å². The Kier molecular flexibility index (Phi) is 4.67. The van der Waals surface area contributed by atoms with Crippen LogP contribution in [0.15, 0.2) is 48.5 Å². The van der Waals surface area contributed by atoms with Crippen molar-refractivity contribution in [3.8, 4) is 0 Å². The molecule has 2 N–H and O–H groups in total. The van der Waals surface area contributed by atoms with Crippen molar-refractivity contribution in [3.05, 3.63) is 60.2 Å². The highest BCUT2D eigenvalue weighted by Crippen LogP contribution is 2.26. The number of nitrogens with one attached hydrogen (secondary N) is 2. The molecule has 2 aromatic carbocycles. The number of nitrogens with zero attached hydrogens (tertiary/aromatic N) is 2. The van der Waals surface area contributed by atoms with Gasteiger partial charge in [0.1, 0.15) is 11.6 Å². The summed E-state index contributed by atoms with van der Waals surface area (Å²) in [5.74, 6) is 0.797. The SMILES string of the molecule is O=C(CN1CCC[C@@H](c2nc3ccccc3[nH]2)C1)Nc1cccc(F)c1. The number of amides is 1. The quantitative estimate of drug-likeness (QED) is 0.755. The van der Waals surface area contributed by atoms with E-state index in [-0.39, 0.29) is 17.6 Å². The zero-order valence-corrected chi connectivity index (χ0v) is 14.4. The summed E-state index contributed by atoms with van der Waals surface area (Å²) < 4.78 is 13.2. The number of hydrogen-bond donors (Lipinski definition) is 2. The zero-order valence-electron chi connectivity index (χ0n) is 14.4. The molecule has 1 atom stereocenters. The van der Waals surface area contributed by atoms with Gasteiger partial charge >= 0.3 is 0 Å². The first kappa shape index (κ1) is 16.7. The van der Waals surface area contributed by atoms with Gasteiger partial charge in [0, 0.05) is 18.2 Å². The van der Waals surface area contributed by atoms with Gasteiger partial charge in [-0.15, -0.1) is 0 Å². The molecule has 6 heteroatoms. The summed E-state index contributed by atoms with van der Waals surface area (Å²) >= 11 is 0. The minimum atomic E-state index is -0.356. The predicted octanol–water partition coefficient (Wildman–Crippen LogP) is 3.52. The van der Waals surface area contributed by atoms with Crippen molar-refractivity contribution < 1.29 is 9.18 Å². The molecular formula is C20H21FN4O. The van der Waals surface area contributed by atoms with Gasteiger partial charge in [-0.2, -0.15) is 0 Å². The molecule has 1 saturated heterocycles. The lowest BCUT2D eigenvalue weighted by Crippen LogP contribution is -2.40. The number of anilines is 1. The first-order chi connectivity index (χ1) is 12.7. The fraction of sp³-hybridized carbons (Fsp3) is 0.300. The number of hydrogen-bond acceptors (Lipinski definition) is 3. The molecule has 1 fully saturated rings. The third-order valence-corrected chi connectivity index (χ3v) is 4.78. The van der Waals surface area contributed by atoms with Crippen LogP contribution in [0, 0.1) is 5.82 Å². The van der Waals surface area contributed by atoms with E-state index in [2.05, 4.69) is 15.2 Å². The summed E-state index contributed by atoms with van der Waals surface area (Å²) in [6.07, 6.45) is 2.08. The number of para-hydroxylation sites is 2. The Labute approximate surface area is 151 Å². The van der Waals surface area contributed by atoms with Gasteiger partial charge in [0.05, 0.1) is 17.6 Å². The van der Waals surface area contributed by atoms with Gasteiger partial charge in [0.2, 0.25) is 5.91 Å². The third-order valence-electron chi connectivity index (χ3n) is 4.78. The first-order valence-electron chi connectivity index (χ1n) is 8.90. The summed E-state index contributed by atoms with van der Waals surface area (Å²) in [7, 11) is 0. The van der Waals surface area contributed by atoms with Crippen molar-refractivity contribution in [1.29, 1.82) is 0 Å². The number of benzene rings is 2. The van der Waals surface area contributed by atoms with E-state index in [1.54, 1.807) is 12.1 Å². The maximum absolute atomic E-state index is 13.2. The average Bonchev–Trinajstić information content (AvgIpc) is 3.06. The number of likely N-dealkylation sites (tertiary alicyclic amines) is 1. The average molecular weight is 352 g/mol. The van der Waals surface area contributed by atoms with Crippen LogP contribution in [0.5, 0.6) is 0 Å². The Morgan fingerprint density at radius 2 is 2.15 bits per heavy atom. The zero-order chi connectivity index (χ0) is 17.9. The van der Waals surface area contributed by atoms with Crippen molar-refractivity contribution >= 4 is 22.6 Å². The number of aromatic amines is 1. The van der Waals surface area contributed by atoms with E-state index in [9.17, 15) is 9.18 Å². The highest BCUT2D eigenvalue weighted by molar-refractivity contribution is 5.92. The summed E-state index contributed by atoms with van der Waals surface area (Å²) in [6, 6.07) is 14.0. The van der Waals surface area contributed by atoms with Crippen molar-refractivity contribution in [2.24, 2.45) is 0 Å². The van der Waals surface area contributed by atoms with E-state index >= 15 is 0 Å². The number of piperidine rings is 1. The molecule has 1 amide bonds. The monoisotopic (exact) mass is 352 g/mol. The molecule has 26 heavy (non-hydrogen) atoms. The van der Waals surface area contributed by atoms with E-state index < -0.39 is 0 Å². The van der Waals surface area contributed by atoms with E-state index in [1.807, 2.05) is 24.3 Å². The highest BCUT2D eigenvalue weighted by atomic mass is 19.1. The molecule has 5 nitrogen and oxygen atoms in total. The third kappa shape index (κ3) is 3.75. The highest BCUT2D eigenvalue weighted by Gasteiger charge is 2.25. The van der Waals surface area contributed by atoms with Crippen molar-refractivity contribution in [3.63, 3.8) is 0 Å². The van der Waals surface area contributed by atoms with Crippen LogP contribution in [0.2, 0.25) is 0 Å². The number of fused-ring (bicyclic) bond motifs is 1. The Morgan fingerprint density at radius 3 is 3.00 bits per heavy atom. The molecule has 4 rings (SSSR count). The molecule has 0 unspecified atom stereocenters. The molecule has 1 aliphatic rings.